The molecule has 0 spiro atoms. The summed E-state index contributed by atoms with van der Waals surface area (Å²) in [5, 5.41) is 4.34. The van der Waals surface area contributed by atoms with Gasteiger partial charge in [0.25, 0.3) is 0 Å². The molecule has 0 N–H and O–H groups in total. The number of aromatic nitrogens is 3. The Hall–Kier alpha value is -2.17. The average molecular weight is 284 g/mol. The minimum absolute atomic E-state index is 0.0840. The maximum atomic E-state index is 11.7. The number of rotatable bonds is 4. The first kappa shape index (κ1) is 13.8. The molecule has 1 saturated heterocycles. The van der Waals surface area contributed by atoms with Gasteiger partial charge < -0.3 is 4.90 Å². The number of likely N-dealkylation sites (tertiary alicyclic amines) is 1. The normalized spacial score (nSPS) is 18.1. The highest BCUT2D eigenvalue weighted by Gasteiger charge is 2.31. The fraction of sp³-hybridized carbons (Fsp3) is 0.438. The lowest BCUT2D eigenvalue weighted by Crippen LogP contribution is -2.30. The highest BCUT2D eigenvalue weighted by molar-refractivity contribution is 5.74. The van der Waals surface area contributed by atoms with Gasteiger partial charge in [-0.3, -0.25) is 4.79 Å². The maximum absolute atomic E-state index is 11.7. The van der Waals surface area contributed by atoms with E-state index < -0.39 is 0 Å². The number of benzene rings is 1. The minimum atomic E-state index is 0.0840. The number of carbonyl (C=O) groups is 1. The van der Waals surface area contributed by atoms with Crippen molar-refractivity contribution in [2.45, 2.75) is 38.8 Å². The van der Waals surface area contributed by atoms with Gasteiger partial charge in [0.2, 0.25) is 5.91 Å². The molecule has 1 aliphatic rings. The van der Waals surface area contributed by atoms with Crippen LogP contribution in [0.5, 0.6) is 0 Å². The molecule has 1 amide bonds. The van der Waals surface area contributed by atoms with Crippen molar-refractivity contribution in [3.05, 3.63) is 48.0 Å². The first-order valence-electron chi connectivity index (χ1n) is 7.44. The second kappa shape index (κ2) is 6.08. The van der Waals surface area contributed by atoms with Gasteiger partial charge in [-0.25, -0.2) is 9.67 Å². The molecule has 2 aromatic rings. The lowest BCUT2D eigenvalue weighted by Gasteiger charge is -2.22. The van der Waals surface area contributed by atoms with Crippen molar-refractivity contribution >= 4 is 5.91 Å². The fourth-order valence-corrected chi connectivity index (χ4v) is 3.00. The second-order valence-corrected chi connectivity index (χ2v) is 5.45. The Morgan fingerprint density at radius 1 is 1.33 bits per heavy atom. The Bertz CT molecular complexity index is 608. The number of aryl methyl sites for hydroxylation is 2. The third-order valence-electron chi connectivity index (χ3n) is 4.06. The molecule has 0 aliphatic carbocycles. The molecular formula is C16H20N4O. The van der Waals surface area contributed by atoms with Gasteiger partial charge in [0, 0.05) is 20.0 Å². The van der Waals surface area contributed by atoms with Gasteiger partial charge in [0.05, 0.1) is 6.04 Å². The first-order chi connectivity index (χ1) is 10.3. The van der Waals surface area contributed by atoms with Crippen molar-refractivity contribution in [1.29, 1.82) is 0 Å². The van der Waals surface area contributed by atoms with Crippen LogP contribution in [0.4, 0.5) is 0 Å². The summed E-state index contributed by atoms with van der Waals surface area (Å²) in [4.78, 5) is 18.0. The molecule has 1 aliphatic heterocycles. The Balaban J connectivity index is 1.73. The Morgan fingerprint density at radius 2 is 2.14 bits per heavy atom. The predicted molar refractivity (Wildman–Crippen MR) is 79.5 cm³/mol. The molecule has 1 atom stereocenters. The van der Waals surface area contributed by atoms with Crippen molar-refractivity contribution < 1.29 is 4.79 Å². The Labute approximate surface area is 124 Å². The second-order valence-electron chi connectivity index (χ2n) is 5.45. The predicted octanol–water partition coefficient (Wildman–Crippen LogP) is 2.20. The summed E-state index contributed by atoms with van der Waals surface area (Å²) in [6, 6.07) is 10.4. The van der Waals surface area contributed by atoms with Gasteiger partial charge in [0.15, 0.2) is 0 Å². The standard InChI is InChI=1S/C16H20N4O/c1-13(21)19-10-5-8-15(19)16-17-12-18-20(16)11-9-14-6-3-2-4-7-14/h2-4,6-7,12,15H,5,8-11H2,1H3. The van der Waals surface area contributed by atoms with E-state index in [1.165, 1.54) is 5.56 Å². The zero-order valence-electron chi connectivity index (χ0n) is 12.3. The number of amides is 1. The monoisotopic (exact) mass is 284 g/mol. The van der Waals surface area contributed by atoms with E-state index in [-0.39, 0.29) is 11.9 Å². The molecule has 1 aromatic carbocycles. The lowest BCUT2D eigenvalue weighted by atomic mass is 10.1. The maximum Gasteiger partial charge on any atom is 0.220 e. The van der Waals surface area contributed by atoms with Gasteiger partial charge in [0.1, 0.15) is 12.2 Å². The molecule has 1 unspecified atom stereocenters. The molecule has 3 rings (SSSR count). The van der Waals surface area contributed by atoms with Crippen LogP contribution in [0.25, 0.3) is 0 Å². The third-order valence-corrected chi connectivity index (χ3v) is 4.06. The summed E-state index contributed by atoms with van der Waals surface area (Å²) in [7, 11) is 0. The molecule has 0 radical (unpaired) electrons. The number of hydrogen-bond acceptors (Lipinski definition) is 3. The van der Waals surface area contributed by atoms with Crippen LogP contribution in [-0.4, -0.2) is 32.1 Å². The summed E-state index contributed by atoms with van der Waals surface area (Å²) >= 11 is 0. The van der Waals surface area contributed by atoms with Gasteiger partial charge >= 0.3 is 0 Å². The molecule has 5 heteroatoms. The number of nitrogens with zero attached hydrogens (tertiary/aromatic N) is 4. The Kier molecular flexibility index (Phi) is 3.99. The first-order valence-corrected chi connectivity index (χ1v) is 7.44. The zero-order chi connectivity index (χ0) is 14.7. The van der Waals surface area contributed by atoms with Crippen molar-refractivity contribution in [2.75, 3.05) is 6.54 Å². The minimum Gasteiger partial charge on any atom is -0.333 e. The van der Waals surface area contributed by atoms with Crippen LogP contribution in [-0.2, 0) is 17.8 Å². The van der Waals surface area contributed by atoms with E-state index in [0.717, 1.165) is 38.2 Å². The summed E-state index contributed by atoms with van der Waals surface area (Å²) < 4.78 is 1.94. The van der Waals surface area contributed by atoms with E-state index in [0.29, 0.717) is 0 Å². The Morgan fingerprint density at radius 3 is 2.90 bits per heavy atom. The molecule has 5 nitrogen and oxygen atoms in total. The van der Waals surface area contributed by atoms with Crippen LogP contribution in [0.2, 0.25) is 0 Å². The van der Waals surface area contributed by atoms with Crippen molar-refractivity contribution in [2.24, 2.45) is 0 Å². The van der Waals surface area contributed by atoms with Gasteiger partial charge in [-0.2, -0.15) is 5.10 Å². The largest absolute Gasteiger partial charge is 0.333 e. The topological polar surface area (TPSA) is 51.0 Å². The quantitative estimate of drug-likeness (QED) is 0.865. The smallest absolute Gasteiger partial charge is 0.220 e. The van der Waals surface area contributed by atoms with E-state index in [9.17, 15) is 4.79 Å². The van der Waals surface area contributed by atoms with Crippen LogP contribution in [0.1, 0.15) is 37.2 Å². The van der Waals surface area contributed by atoms with E-state index in [4.69, 9.17) is 0 Å². The van der Waals surface area contributed by atoms with E-state index in [1.54, 1.807) is 13.3 Å². The van der Waals surface area contributed by atoms with Crippen LogP contribution in [0, 0.1) is 0 Å². The van der Waals surface area contributed by atoms with E-state index in [1.807, 2.05) is 27.8 Å². The van der Waals surface area contributed by atoms with Crippen LogP contribution >= 0.6 is 0 Å². The van der Waals surface area contributed by atoms with Crippen molar-refractivity contribution in [1.82, 2.24) is 19.7 Å². The van der Waals surface area contributed by atoms with Crippen LogP contribution in [0.3, 0.4) is 0 Å². The molecular weight excluding hydrogens is 264 g/mol. The summed E-state index contributed by atoms with van der Waals surface area (Å²) in [5.41, 5.74) is 1.29. The third kappa shape index (κ3) is 2.96. The van der Waals surface area contributed by atoms with E-state index >= 15 is 0 Å². The van der Waals surface area contributed by atoms with Crippen LogP contribution < -0.4 is 0 Å². The van der Waals surface area contributed by atoms with E-state index in [2.05, 4.69) is 22.2 Å². The van der Waals surface area contributed by atoms with Crippen molar-refractivity contribution in [3.63, 3.8) is 0 Å². The molecule has 21 heavy (non-hydrogen) atoms. The number of hydrogen-bond donors (Lipinski definition) is 0. The molecule has 1 fully saturated rings. The van der Waals surface area contributed by atoms with Crippen LogP contribution in [0.15, 0.2) is 36.7 Å². The summed E-state index contributed by atoms with van der Waals surface area (Å²) in [6.07, 6.45) is 4.53. The highest BCUT2D eigenvalue weighted by atomic mass is 16.2. The molecule has 0 saturated carbocycles. The van der Waals surface area contributed by atoms with Gasteiger partial charge in [-0.05, 0) is 24.8 Å². The highest BCUT2D eigenvalue weighted by Crippen LogP contribution is 2.30. The zero-order valence-corrected chi connectivity index (χ0v) is 12.3. The lowest BCUT2D eigenvalue weighted by molar-refractivity contribution is -0.129. The SMILES string of the molecule is CC(=O)N1CCCC1c1ncnn1CCc1ccccc1. The summed E-state index contributed by atoms with van der Waals surface area (Å²) in [6.45, 7) is 3.25. The molecule has 0 bridgehead atoms. The average Bonchev–Trinajstić information content (AvgIpc) is 3.14. The van der Waals surface area contributed by atoms with Gasteiger partial charge in [-0.1, -0.05) is 30.3 Å². The van der Waals surface area contributed by atoms with Gasteiger partial charge in [-0.15, -0.1) is 0 Å². The summed E-state index contributed by atoms with van der Waals surface area (Å²) in [5.74, 6) is 1.04. The molecule has 2 heterocycles. The molecule has 110 valence electrons. The van der Waals surface area contributed by atoms with Crippen molar-refractivity contribution in [3.8, 4) is 0 Å². The molecule has 1 aromatic heterocycles. The number of carbonyl (C=O) groups excluding carboxylic acids is 1. The fourth-order valence-electron chi connectivity index (χ4n) is 3.00.